The van der Waals surface area contributed by atoms with Crippen LogP contribution >= 0.6 is 0 Å². The first kappa shape index (κ1) is 11.5. The Morgan fingerprint density at radius 2 is 2.07 bits per heavy atom. The van der Waals surface area contributed by atoms with Crippen LogP contribution in [0, 0.1) is 11.3 Å². The van der Waals surface area contributed by atoms with Crippen LogP contribution < -0.4 is 5.73 Å². The van der Waals surface area contributed by atoms with Crippen LogP contribution in [0.25, 0.3) is 0 Å². The van der Waals surface area contributed by atoms with Crippen molar-refractivity contribution >= 4 is 5.84 Å². The van der Waals surface area contributed by atoms with Crippen LogP contribution in [-0.2, 0) is 0 Å². The summed E-state index contributed by atoms with van der Waals surface area (Å²) < 4.78 is 0. The molecule has 1 unspecified atom stereocenters. The molecule has 0 aromatic carbocycles. The van der Waals surface area contributed by atoms with Gasteiger partial charge in [0.1, 0.15) is 5.84 Å². The Labute approximate surface area is 87.2 Å². The maximum atomic E-state index is 7.58. The number of hydrogen-bond acceptors (Lipinski definition) is 2. The van der Waals surface area contributed by atoms with Crippen molar-refractivity contribution < 1.29 is 0 Å². The zero-order chi connectivity index (χ0) is 10.7. The van der Waals surface area contributed by atoms with E-state index in [-0.39, 0.29) is 6.04 Å². The second-order valence-corrected chi connectivity index (χ2v) is 4.70. The Hall–Kier alpha value is -0.570. The smallest absolute Gasteiger partial charge is 0.108 e. The van der Waals surface area contributed by atoms with Crippen LogP contribution in [0.1, 0.15) is 40.0 Å². The van der Waals surface area contributed by atoms with Gasteiger partial charge in [0.05, 0.1) is 6.04 Å². The average molecular weight is 197 g/mol. The van der Waals surface area contributed by atoms with E-state index in [4.69, 9.17) is 11.1 Å². The lowest BCUT2D eigenvalue weighted by molar-refractivity contribution is 0.200. The Morgan fingerprint density at radius 3 is 2.36 bits per heavy atom. The molecule has 3 heteroatoms. The molecule has 1 fully saturated rings. The molecule has 3 nitrogen and oxygen atoms in total. The summed E-state index contributed by atoms with van der Waals surface area (Å²) >= 11 is 0. The Bertz CT molecular complexity index is 197. The summed E-state index contributed by atoms with van der Waals surface area (Å²) in [5.74, 6) is 0.990. The summed E-state index contributed by atoms with van der Waals surface area (Å²) in [6.45, 7) is 7.63. The van der Waals surface area contributed by atoms with Crippen LogP contribution in [0.2, 0.25) is 0 Å². The summed E-state index contributed by atoms with van der Waals surface area (Å²) in [6.07, 6.45) is 3.53. The molecule has 1 aliphatic rings. The molecule has 0 bridgehead atoms. The summed E-state index contributed by atoms with van der Waals surface area (Å²) in [6, 6.07) is 0.871. The Balaban J connectivity index is 2.59. The van der Waals surface area contributed by atoms with Gasteiger partial charge in [-0.05, 0) is 25.2 Å². The van der Waals surface area contributed by atoms with Gasteiger partial charge in [-0.3, -0.25) is 10.3 Å². The normalized spacial score (nSPS) is 18.9. The highest BCUT2D eigenvalue weighted by Gasteiger charge is 2.34. The van der Waals surface area contributed by atoms with Crippen molar-refractivity contribution in [3.05, 3.63) is 0 Å². The number of nitrogens with zero attached hydrogens (tertiary/aromatic N) is 1. The Morgan fingerprint density at radius 1 is 1.50 bits per heavy atom. The van der Waals surface area contributed by atoms with E-state index >= 15 is 0 Å². The monoisotopic (exact) mass is 197 g/mol. The largest absolute Gasteiger partial charge is 0.386 e. The van der Waals surface area contributed by atoms with Crippen molar-refractivity contribution in [3.63, 3.8) is 0 Å². The molecule has 1 saturated carbocycles. The van der Waals surface area contributed by atoms with Gasteiger partial charge in [-0.15, -0.1) is 0 Å². The van der Waals surface area contributed by atoms with Crippen LogP contribution in [0.4, 0.5) is 0 Å². The highest BCUT2D eigenvalue weighted by molar-refractivity contribution is 5.82. The molecule has 0 saturated heterocycles. The zero-order valence-electron chi connectivity index (χ0n) is 9.59. The second kappa shape index (κ2) is 4.78. The van der Waals surface area contributed by atoms with Gasteiger partial charge in [0.15, 0.2) is 0 Å². The van der Waals surface area contributed by atoms with Gasteiger partial charge < -0.3 is 5.73 Å². The molecule has 0 aromatic heterocycles. The maximum Gasteiger partial charge on any atom is 0.108 e. The summed E-state index contributed by atoms with van der Waals surface area (Å²) in [4.78, 5) is 2.42. The van der Waals surface area contributed by atoms with Gasteiger partial charge in [0.2, 0.25) is 0 Å². The summed E-state index contributed by atoms with van der Waals surface area (Å²) in [5.41, 5.74) is 5.63. The molecule has 0 amide bonds. The first-order chi connectivity index (χ1) is 6.56. The molecule has 1 rings (SSSR count). The molecule has 3 N–H and O–H groups in total. The number of nitrogens with two attached hydrogens (primary N) is 1. The molecular formula is C11H23N3. The first-order valence-electron chi connectivity index (χ1n) is 5.65. The molecule has 1 atom stereocenters. The molecule has 1 aliphatic carbocycles. The SMILES string of the molecule is CCC(C(=N)N)N(CC(C)C)C1CC1. The lowest BCUT2D eigenvalue weighted by Gasteiger charge is -2.31. The maximum absolute atomic E-state index is 7.58. The van der Waals surface area contributed by atoms with Gasteiger partial charge in [-0.1, -0.05) is 20.8 Å². The van der Waals surface area contributed by atoms with E-state index in [9.17, 15) is 0 Å². The van der Waals surface area contributed by atoms with E-state index in [2.05, 4.69) is 25.7 Å². The molecule has 14 heavy (non-hydrogen) atoms. The van der Waals surface area contributed by atoms with Crippen LogP contribution in [-0.4, -0.2) is 29.4 Å². The van der Waals surface area contributed by atoms with E-state index < -0.39 is 0 Å². The van der Waals surface area contributed by atoms with Crippen molar-refractivity contribution in [2.24, 2.45) is 11.7 Å². The minimum atomic E-state index is 0.171. The topological polar surface area (TPSA) is 53.1 Å². The summed E-state index contributed by atoms with van der Waals surface area (Å²) in [7, 11) is 0. The second-order valence-electron chi connectivity index (χ2n) is 4.70. The van der Waals surface area contributed by atoms with E-state index in [0.717, 1.165) is 13.0 Å². The average Bonchev–Trinajstić information content (AvgIpc) is 2.84. The zero-order valence-corrected chi connectivity index (χ0v) is 9.59. The fraction of sp³-hybridized carbons (Fsp3) is 0.909. The van der Waals surface area contributed by atoms with Crippen LogP contribution in [0.3, 0.4) is 0 Å². The lowest BCUT2D eigenvalue weighted by atomic mass is 10.1. The van der Waals surface area contributed by atoms with Gasteiger partial charge in [-0.2, -0.15) is 0 Å². The molecule has 0 heterocycles. The molecule has 0 radical (unpaired) electrons. The minimum Gasteiger partial charge on any atom is -0.386 e. The molecule has 0 aromatic rings. The third kappa shape index (κ3) is 2.98. The predicted octanol–water partition coefficient (Wildman–Crippen LogP) is 1.82. The minimum absolute atomic E-state index is 0.171. The van der Waals surface area contributed by atoms with Gasteiger partial charge >= 0.3 is 0 Å². The van der Waals surface area contributed by atoms with Crippen molar-refractivity contribution in [1.82, 2.24) is 4.90 Å². The quantitative estimate of drug-likeness (QED) is 0.504. The fourth-order valence-corrected chi connectivity index (χ4v) is 1.99. The molecule has 0 aliphatic heterocycles. The predicted molar refractivity (Wildman–Crippen MR) is 60.6 cm³/mol. The van der Waals surface area contributed by atoms with E-state index in [0.29, 0.717) is 17.8 Å². The lowest BCUT2D eigenvalue weighted by Crippen LogP contribution is -2.46. The fourth-order valence-electron chi connectivity index (χ4n) is 1.99. The summed E-state index contributed by atoms with van der Waals surface area (Å²) in [5, 5.41) is 7.58. The van der Waals surface area contributed by atoms with Crippen molar-refractivity contribution in [2.45, 2.75) is 52.1 Å². The van der Waals surface area contributed by atoms with Crippen molar-refractivity contribution in [3.8, 4) is 0 Å². The third-order valence-corrected chi connectivity index (χ3v) is 2.74. The van der Waals surface area contributed by atoms with E-state index in [1.165, 1.54) is 12.8 Å². The van der Waals surface area contributed by atoms with Crippen LogP contribution in [0.5, 0.6) is 0 Å². The standard InChI is InChI=1S/C11H23N3/c1-4-10(11(12)13)14(7-8(2)3)9-5-6-9/h8-10H,4-7H2,1-3H3,(H3,12,13). The van der Waals surface area contributed by atoms with Gasteiger partial charge in [0, 0.05) is 12.6 Å². The van der Waals surface area contributed by atoms with Crippen molar-refractivity contribution in [1.29, 1.82) is 5.41 Å². The number of hydrogen-bond donors (Lipinski definition) is 2. The molecule has 82 valence electrons. The van der Waals surface area contributed by atoms with E-state index in [1.807, 2.05) is 0 Å². The number of nitrogens with one attached hydrogen (secondary N) is 1. The van der Waals surface area contributed by atoms with Gasteiger partial charge in [-0.25, -0.2) is 0 Å². The highest BCUT2D eigenvalue weighted by atomic mass is 15.2. The molecular weight excluding hydrogens is 174 g/mol. The third-order valence-electron chi connectivity index (χ3n) is 2.74. The van der Waals surface area contributed by atoms with Gasteiger partial charge in [0.25, 0.3) is 0 Å². The van der Waals surface area contributed by atoms with E-state index in [1.54, 1.807) is 0 Å². The number of rotatable bonds is 6. The Kier molecular flexibility index (Phi) is 3.93. The first-order valence-corrected chi connectivity index (χ1v) is 5.65. The number of amidine groups is 1. The van der Waals surface area contributed by atoms with Crippen LogP contribution in [0.15, 0.2) is 0 Å². The highest BCUT2D eigenvalue weighted by Crippen LogP contribution is 2.30. The molecule has 0 spiro atoms. The van der Waals surface area contributed by atoms with Crippen molar-refractivity contribution in [2.75, 3.05) is 6.54 Å².